The van der Waals surface area contributed by atoms with Crippen molar-refractivity contribution in [2.24, 2.45) is 10.9 Å². The maximum Gasteiger partial charge on any atom is 0.311 e. The van der Waals surface area contributed by atoms with Crippen LogP contribution in [0.1, 0.15) is 44.2 Å². The summed E-state index contributed by atoms with van der Waals surface area (Å²) in [4.78, 5) is 17.3. The SMILES string of the molecule is CCCCOC(=O)[C@@H]1C[C@@]1(C)N=C(c1ccccc1)c1ccccc1. The smallest absolute Gasteiger partial charge is 0.311 e. The molecule has 1 aliphatic carbocycles. The number of ether oxygens (including phenoxy) is 1. The summed E-state index contributed by atoms with van der Waals surface area (Å²) in [6.45, 7) is 4.64. The molecule has 0 aliphatic heterocycles. The first-order valence-electron chi connectivity index (χ1n) is 9.01. The molecule has 3 rings (SSSR count). The Labute approximate surface area is 149 Å². The zero-order valence-corrected chi connectivity index (χ0v) is 14.9. The second-order valence-corrected chi connectivity index (χ2v) is 6.83. The van der Waals surface area contributed by atoms with Gasteiger partial charge in [0, 0.05) is 11.1 Å². The number of benzene rings is 2. The highest BCUT2D eigenvalue weighted by Gasteiger charge is 2.56. The monoisotopic (exact) mass is 335 g/mol. The summed E-state index contributed by atoms with van der Waals surface area (Å²) in [6.07, 6.45) is 2.69. The molecule has 3 nitrogen and oxygen atoms in total. The predicted molar refractivity (Wildman–Crippen MR) is 101 cm³/mol. The molecule has 0 heterocycles. The number of esters is 1. The largest absolute Gasteiger partial charge is 0.465 e. The third kappa shape index (κ3) is 4.16. The number of aliphatic imine (C=N–C) groups is 1. The molecular weight excluding hydrogens is 310 g/mol. The Morgan fingerprint density at radius 3 is 2.16 bits per heavy atom. The number of nitrogens with zero attached hydrogens (tertiary/aromatic N) is 1. The molecule has 130 valence electrons. The van der Waals surface area contributed by atoms with Crippen LogP contribution in [0.3, 0.4) is 0 Å². The Kier molecular flexibility index (Phi) is 5.32. The first-order chi connectivity index (χ1) is 12.1. The quantitative estimate of drug-likeness (QED) is 0.420. The summed E-state index contributed by atoms with van der Waals surface area (Å²) in [6, 6.07) is 20.3. The molecule has 2 aromatic carbocycles. The molecule has 0 amide bonds. The molecule has 1 aliphatic rings. The Balaban J connectivity index is 1.84. The van der Waals surface area contributed by atoms with E-state index in [1.54, 1.807) is 0 Å². The summed E-state index contributed by atoms with van der Waals surface area (Å²) in [5.41, 5.74) is 2.71. The highest BCUT2D eigenvalue weighted by molar-refractivity contribution is 6.13. The maximum absolute atomic E-state index is 12.3. The molecule has 0 radical (unpaired) electrons. The van der Waals surface area contributed by atoms with Gasteiger partial charge in [0.15, 0.2) is 0 Å². The molecule has 0 saturated heterocycles. The first-order valence-corrected chi connectivity index (χ1v) is 9.01. The van der Waals surface area contributed by atoms with Gasteiger partial charge in [0.1, 0.15) is 0 Å². The molecule has 0 unspecified atom stereocenters. The minimum Gasteiger partial charge on any atom is -0.465 e. The number of carbonyl (C=O) groups excluding carboxylic acids is 1. The van der Waals surface area contributed by atoms with E-state index in [-0.39, 0.29) is 17.4 Å². The number of unbranched alkanes of at least 4 members (excludes halogenated alkanes) is 1. The van der Waals surface area contributed by atoms with E-state index in [1.165, 1.54) is 0 Å². The molecule has 3 heteroatoms. The third-order valence-electron chi connectivity index (χ3n) is 4.70. The van der Waals surface area contributed by atoms with E-state index in [9.17, 15) is 4.79 Å². The highest BCUT2D eigenvalue weighted by atomic mass is 16.5. The van der Waals surface area contributed by atoms with Crippen molar-refractivity contribution in [3.05, 3.63) is 71.8 Å². The molecule has 1 fully saturated rings. The van der Waals surface area contributed by atoms with Crippen molar-refractivity contribution in [1.29, 1.82) is 0 Å². The Bertz CT molecular complexity index is 698. The van der Waals surface area contributed by atoms with Crippen LogP contribution in [0.15, 0.2) is 65.7 Å². The molecule has 1 saturated carbocycles. The number of rotatable bonds is 7. The van der Waals surface area contributed by atoms with Gasteiger partial charge >= 0.3 is 5.97 Å². The lowest BCUT2D eigenvalue weighted by Gasteiger charge is -2.12. The fourth-order valence-corrected chi connectivity index (χ4v) is 2.98. The Hall–Kier alpha value is -2.42. The van der Waals surface area contributed by atoms with Gasteiger partial charge in [-0.1, -0.05) is 74.0 Å². The van der Waals surface area contributed by atoms with Crippen LogP contribution in [0, 0.1) is 5.92 Å². The average molecular weight is 335 g/mol. The first kappa shape index (κ1) is 17.4. The van der Waals surface area contributed by atoms with Gasteiger partial charge in [-0.3, -0.25) is 9.79 Å². The maximum atomic E-state index is 12.3. The fourth-order valence-electron chi connectivity index (χ4n) is 2.98. The normalized spacial score (nSPS) is 21.4. The second kappa shape index (κ2) is 7.64. The van der Waals surface area contributed by atoms with Crippen molar-refractivity contribution in [1.82, 2.24) is 0 Å². The van der Waals surface area contributed by atoms with Crippen LogP contribution >= 0.6 is 0 Å². The van der Waals surface area contributed by atoms with Crippen molar-refractivity contribution in [2.45, 2.75) is 38.6 Å². The summed E-state index contributed by atoms with van der Waals surface area (Å²) in [5, 5.41) is 0. The molecule has 0 aromatic heterocycles. The standard InChI is InChI=1S/C22H25NO2/c1-3-4-15-25-21(24)19-16-22(19,2)23-20(17-11-7-5-8-12-17)18-13-9-6-10-14-18/h5-14,19H,3-4,15-16H2,1-2H3/t19-,22+/m0/s1. The zero-order chi connectivity index (χ0) is 17.7. The zero-order valence-electron chi connectivity index (χ0n) is 14.9. The van der Waals surface area contributed by atoms with Crippen LogP contribution in [0.2, 0.25) is 0 Å². The topological polar surface area (TPSA) is 38.7 Å². The summed E-state index contributed by atoms with van der Waals surface area (Å²) >= 11 is 0. The minimum absolute atomic E-state index is 0.111. The Morgan fingerprint density at radius 1 is 1.08 bits per heavy atom. The number of hydrogen-bond acceptors (Lipinski definition) is 3. The van der Waals surface area contributed by atoms with Crippen molar-refractivity contribution in [2.75, 3.05) is 6.61 Å². The number of carbonyl (C=O) groups is 1. The molecule has 0 N–H and O–H groups in total. The van der Waals surface area contributed by atoms with Gasteiger partial charge < -0.3 is 4.74 Å². The molecule has 2 atom stereocenters. The van der Waals surface area contributed by atoms with Gasteiger partial charge in [0.25, 0.3) is 0 Å². The molecular formula is C22H25NO2. The molecule has 0 spiro atoms. The average Bonchev–Trinajstić information content (AvgIpc) is 3.33. The van der Waals surface area contributed by atoms with E-state index < -0.39 is 0 Å². The lowest BCUT2D eigenvalue weighted by Crippen LogP contribution is -2.17. The fraction of sp³-hybridized carbons (Fsp3) is 0.364. The lowest BCUT2D eigenvalue weighted by molar-refractivity contribution is -0.145. The summed E-state index contributed by atoms with van der Waals surface area (Å²) < 4.78 is 5.39. The van der Waals surface area contributed by atoms with Crippen LogP contribution in [0.5, 0.6) is 0 Å². The van der Waals surface area contributed by atoms with Gasteiger partial charge in [0.2, 0.25) is 0 Å². The summed E-state index contributed by atoms with van der Waals surface area (Å²) in [7, 11) is 0. The van der Waals surface area contributed by atoms with Gasteiger partial charge in [-0.05, 0) is 19.8 Å². The predicted octanol–water partition coefficient (Wildman–Crippen LogP) is 4.65. The van der Waals surface area contributed by atoms with Crippen LogP contribution < -0.4 is 0 Å². The van der Waals surface area contributed by atoms with E-state index in [0.717, 1.165) is 36.1 Å². The second-order valence-electron chi connectivity index (χ2n) is 6.83. The van der Waals surface area contributed by atoms with Gasteiger partial charge in [-0.2, -0.15) is 0 Å². The highest BCUT2D eigenvalue weighted by Crippen LogP contribution is 2.48. The van der Waals surface area contributed by atoms with Gasteiger partial charge in [-0.15, -0.1) is 0 Å². The molecule has 25 heavy (non-hydrogen) atoms. The van der Waals surface area contributed by atoms with Crippen molar-refractivity contribution in [3.63, 3.8) is 0 Å². The molecule has 2 aromatic rings. The minimum atomic E-state index is -0.371. The number of hydrogen-bond donors (Lipinski definition) is 0. The van der Waals surface area contributed by atoms with E-state index in [4.69, 9.17) is 9.73 Å². The van der Waals surface area contributed by atoms with Crippen molar-refractivity contribution in [3.8, 4) is 0 Å². The van der Waals surface area contributed by atoms with Crippen molar-refractivity contribution < 1.29 is 9.53 Å². The van der Waals surface area contributed by atoms with E-state index >= 15 is 0 Å². The summed E-state index contributed by atoms with van der Waals surface area (Å²) in [5.74, 6) is -0.244. The van der Waals surface area contributed by atoms with Crippen molar-refractivity contribution >= 4 is 11.7 Å². The van der Waals surface area contributed by atoms with E-state index in [1.807, 2.05) is 43.3 Å². The van der Waals surface area contributed by atoms with E-state index in [0.29, 0.717) is 6.61 Å². The third-order valence-corrected chi connectivity index (χ3v) is 4.70. The van der Waals surface area contributed by atoms with Gasteiger partial charge in [-0.25, -0.2) is 0 Å². The van der Waals surface area contributed by atoms with Gasteiger partial charge in [0.05, 0.1) is 23.8 Å². The van der Waals surface area contributed by atoms with E-state index in [2.05, 4.69) is 31.2 Å². The van der Waals surface area contributed by atoms with Crippen LogP contribution in [-0.2, 0) is 9.53 Å². The van der Waals surface area contributed by atoms with Crippen LogP contribution in [0.4, 0.5) is 0 Å². The molecule has 0 bridgehead atoms. The van der Waals surface area contributed by atoms with Crippen LogP contribution in [0.25, 0.3) is 0 Å². The van der Waals surface area contributed by atoms with Crippen LogP contribution in [-0.4, -0.2) is 23.8 Å². The Morgan fingerprint density at radius 2 is 1.64 bits per heavy atom. The lowest BCUT2D eigenvalue weighted by atomic mass is 10.0.